The number of benzene rings is 2. The molecule has 138 valence electrons. The smallest absolute Gasteiger partial charge is 0.225 e. The van der Waals surface area contributed by atoms with E-state index in [2.05, 4.69) is 46.1 Å². The zero-order valence-electron chi connectivity index (χ0n) is 15.4. The minimum Gasteiger partial charge on any atom is -0.344 e. The highest BCUT2D eigenvalue weighted by Gasteiger charge is 2.33. The molecule has 1 aliphatic heterocycles. The van der Waals surface area contributed by atoms with E-state index in [4.69, 9.17) is 22.6 Å². The number of hydrogen-bond acceptors (Lipinski definition) is 6. The quantitative estimate of drug-likeness (QED) is 0.609. The third kappa shape index (κ3) is 4.05. The van der Waals surface area contributed by atoms with Crippen molar-refractivity contribution in [3.05, 3.63) is 69.9 Å². The van der Waals surface area contributed by atoms with Crippen molar-refractivity contribution < 1.29 is 0 Å². The van der Waals surface area contributed by atoms with E-state index in [9.17, 15) is 0 Å². The van der Waals surface area contributed by atoms with Crippen LogP contribution in [0.1, 0.15) is 22.3 Å². The summed E-state index contributed by atoms with van der Waals surface area (Å²) in [4.78, 5) is 4.53. The molecule has 0 saturated heterocycles. The summed E-state index contributed by atoms with van der Waals surface area (Å²) >= 11 is 6.36. The molecule has 0 saturated carbocycles. The first kappa shape index (κ1) is 18.8. The molecular formula is C20H21ClN6. The second-order valence-electron chi connectivity index (χ2n) is 6.58. The molecule has 2 aromatic rings. The maximum Gasteiger partial charge on any atom is 0.225 e. The molecule has 1 unspecified atom stereocenters. The van der Waals surface area contributed by atoms with Gasteiger partial charge >= 0.3 is 0 Å². The molecule has 27 heavy (non-hydrogen) atoms. The van der Waals surface area contributed by atoms with Gasteiger partial charge in [-0.3, -0.25) is 5.73 Å². The van der Waals surface area contributed by atoms with Crippen LogP contribution in [-0.4, -0.2) is 11.7 Å². The summed E-state index contributed by atoms with van der Waals surface area (Å²) in [6, 6.07) is 13.3. The molecule has 0 aromatic heterocycles. The van der Waals surface area contributed by atoms with Crippen molar-refractivity contribution in [2.24, 2.45) is 10.7 Å². The van der Waals surface area contributed by atoms with Crippen molar-refractivity contribution in [3.63, 3.8) is 0 Å². The number of guanidine groups is 1. The van der Waals surface area contributed by atoms with Gasteiger partial charge in [-0.1, -0.05) is 29.3 Å². The fourth-order valence-corrected chi connectivity index (χ4v) is 3.13. The van der Waals surface area contributed by atoms with Gasteiger partial charge in [-0.05, 0) is 56.2 Å². The van der Waals surface area contributed by atoms with E-state index in [1.807, 2.05) is 13.8 Å². The van der Waals surface area contributed by atoms with Crippen LogP contribution in [0.3, 0.4) is 0 Å². The highest BCUT2D eigenvalue weighted by Crippen LogP contribution is 2.29. The highest BCUT2D eigenvalue weighted by molar-refractivity contribution is 6.31. The molecule has 2 aromatic carbocycles. The van der Waals surface area contributed by atoms with Crippen LogP contribution in [0.25, 0.3) is 0 Å². The molecule has 3 rings (SSSR count). The molecule has 5 N–H and O–H groups in total. The SMILES string of the molecule is Cc1cc(C)c(NC2(N)N=C(Nc3ccc(C#N)cc3)NC=C2Cl)c(C)c1. The lowest BCUT2D eigenvalue weighted by Crippen LogP contribution is -2.52. The number of nitriles is 1. The fraction of sp³-hybridized carbons (Fsp3) is 0.200. The molecule has 0 amide bonds. The molecule has 0 spiro atoms. The Balaban J connectivity index is 1.87. The van der Waals surface area contributed by atoms with E-state index in [1.165, 1.54) is 5.56 Å². The Hall–Kier alpha value is -3.01. The molecule has 0 aliphatic carbocycles. The molecule has 7 heteroatoms. The number of aryl methyl sites for hydroxylation is 3. The van der Waals surface area contributed by atoms with E-state index < -0.39 is 5.79 Å². The van der Waals surface area contributed by atoms with Crippen molar-refractivity contribution in [1.82, 2.24) is 5.32 Å². The first-order valence-corrected chi connectivity index (χ1v) is 8.83. The molecule has 1 atom stereocenters. The molecular weight excluding hydrogens is 360 g/mol. The fourth-order valence-electron chi connectivity index (χ4n) is 2.99. The van der Waals surface area contributed by atoms with Gasteiger partial charge in [0.25, 0.3) is 0 Å². The van der Waals surface area contributed by atoms with Crippen molar-refractivity contribution >= 4 is 28.9 Å². The summed E-state index contributed by atoms with van der Waals surface area (Å²) in [6.07, 6.45) is 1.60. The summed E-state index contributed by atoms with van der Waals surface area (Å²) in [5, 5.41) is 18.6. The number of nitrogens with two attached hydrogens (primary N) is 1. The van der Waals surface area contributed by atoms with Gasteiger partial charge in [-0.25, -0.2) is 4.99 Å². The summed E-state index contributed by atoms with van der Waals surface area (Å²) in [5.41, 5.74) is 12.1. The first-order valence-electron chi connectivity index (χ1n) is 8.45. The van der Waals surface area contributed by atoms with Gasteiger partial charge in [0.15, 0.2) is 0 Å². The third-order valence-corrected chi connectivity index (χ3v) is 4.65. The summed E-state index contributed by atoms with van der Waals surface area (Å²) in [5.74, 6) is -0.853. The number of aliphatic imine (C=N–C) groups is 1. The predicted molar refractivity (Wildman–Crippen MR) is 110 cm³/mol. The second-order valence-corrected chi connectivity index (χ2v) is 6.98. The van der Waals surface area contributed by atoms with Gasteiger partial charge in [0.1, 0.15) is 0 Å². The minimum absolute atomic E-state index is 0.340. The highest BCUT2D eigenvalue weighted by atomic mass is 35.5. The number of anilines is 2. The molecule has 1 aliphatic rings. The van der Waals surface area contributed by atoms with Crippen LogP contribution in [0.15, 0.2) is 52.6 Å². The Kier molecular flexibility index (Phi) is 5.08. The van der Waals surface area contributed by atoms with Crippen LogP contribution in [0.4, 0.5) is 11.4 Å². The average Bonchev–Trinajstić information content (AvgIpc) is 2.62. The van der Waals surface area contributed by atoms with E-state index in [0.29, 0.717) is 16.6 Å². The standard InChI is InChI=1S/C20H21ClN6/c1-12-8-13(2)18(14(3)9-12)26-20(23)17(21)11-24-19(27-20)25-16-6-4-15(10-22)5-7-16/h4-9,11,26H,23H2,1-3H3,(H2,24,25,27). The number of rotatable bonds is 3. The van der Waals surface area contributed by atoms with E-state index in [1.54, 1.807) is 30.5 Å². The number of halogens is 1. The lowest BCUT2D eigenvalue weighted by Gasteiger charge is -2.32. The van der Waals surface area contributed by atoms with Gasteiger partial charge in [0.05, 0.1) is 16.7 Å². The molecule has 0 radical (unpaired) electrons. The molecule has 0 bridgehead atoms. The Bertz CT molecular complexity index is 948. The lowest BCUT2D eigenvalue weighted by atomic mass is 10.0. The zero-order valence-corrected chi connectivity index (χ0v) is 16.1. The van der Waals surface area contributed by atoms with Gasteiger partial charge in [-0.15, -0.1) is 0 Å². The second kappa shape index (κ2) is 7.31. The Labute approximate surface area is 163 Å². The van der Waals surface area contributed by atoms with E-state index in [0.717, 1.165) is 22.5 Å². The van der Waals surface area contributed by atoms with Gasteiger partial charge in [0, 0.05) is 17.6 Å². The third-order valence-electron chi connectivity index (χ3n) is 4.26. The summed E-state index contributed by atoms with van der Waals surface area (Å²) < 4.78 is 0. The Morgan fingerprint density at radius 2 is 1.78 bits per heavy atom. The maximum atomic E-state index is 8.90. The number of nitrogens with one attached hydrogen (secondary N) is 3. The van der Waals surface area contributed by atoms with Gasteiger partial charge in [0.2, 0.25) is 11.7 Å². The van der Waals surface area contributed by atoms with Crippen molar-refractivity contribution in [2.75, 3.05) is 10.6 Å². The summed E-state index contributed by atoms with van der Waals surface area (Å²) in [6.45, 7) is 6.09. The molecule has 0 fully saturated rings. The van der Waals surface area contributed by atoms with E-state index in [-0.39, 0.29) is 0 Å². The van der Waals surface area contributed by atoms with Crippen molar-refractivity contribution in [2.45, 2.75) is 26.6 Å². The van der Waals surface area contributed by atoms with Gasteiger partial charge < -0.3 is 16.0 Å². The number of nitrogens with zero attached hydrogens (tertiary/aromatic N) is 2. The van der Waals surface area contributed by atoms with Crippen LogP contribution in [0.5, 0.6) is 0 Å². The largest absolute Gasteiger partial charge is 0.344 e. The Morgan fingerprint density at radius 1 is 1.15 bits per heavy atom. The van der Waals surface area contributed by atoms with E-state index >= 15 is 0 Å². The van der Waals surface area contributed by atoms with Crippen molar-refractivity contribution in [1.29, 1.82) is 5.26 Å². The van der Waals surface area contributed by atoms with Crippen molar-refractivity contribution in [3.8, 4) is 6.07 Å². The monoisotopic (exact) mass is 380 g/mol. The normalized spacial score (nSPS) is 18.7. The van der Waals surface area contributed by atoms with Crippen LogP contribution < -0.4 is 21.7 Å². The summed E-state index contributed by atoms with van der Waals surface area (Å²) in [7, 11) is 0. The Morgan fingerprint density at radius 3 is 2.37 bits per heavy atom. The predicted octanol–water partition coefficient (Wildman–Crippen LogP) is 3.66. The van der Waals surface area contributed by atoms with Gasteiger partial charge in [-0.2, -0.15) is 5.26 Å². The maximum absolute atomic E-state index is 8.90. The number of hydrogen-bond donors (Lipinski definition) is 4. The minimum atomic E-state index is -1.30. The lowest BCUT2D eigenvalue weighted by molar-refractivity contribution is 0.609. The van der Waals surface area contributed by atoms with Crippen LogP contribution in [0, 0.1) is 32.1 Å². The first-order chi connectivity index (χ1) is 12.8. The average molecular weight is 381 g/mol. The zero-order chi connectivity index (χ0) is 19.6. The van der Waals surface area contributed by atoms with Crippen LogP contribution in [0.2, 0.25) is 0 Å². The topological polar surface area (TPSA) is 98.3 Å². The van der Waals surface area contributed by atoms with Crippen LogP contribution >= 0.6 is 11.6 Å². The molecule has 1 heterocycles. The van der Waals surface area contributed by atoms with Crippen LogP contribution in [-0.2, 0) is 0 Å². The molecule has 6 nitrogen and oxygen atoms in total.